The smallest absolute Gasteiger partial charge is 0.323 e. The van der Waals surface area contributed by atoms with Gasteiger partial charge in [0.1, 0.15) is 6.54 Å². The average Bonchev–Trinajstić information content (AvgIpc) is 2.41. The van der Waals surface area contributed by atoms with Crippen molar-refractivity contribution in [3.63, 3.8) is 0 Å². The van der Waals surface area contributed by atoms with Crippen LogP contribution in [0.3, 0.4) is 0 Å². The summed E-state index contributed by atoms with van der Waals surface area (Å²) in [5, 5.41) is 9.00. The van der Waals surface area contributed by atoms with E-state index in [9.17, 15) is 4.79 Å². The van der Waals surface area contributed by atoms with Gasteiger partial charge in [-0.1, -0.05) is 18.2 Å². The number of pyridine rings is 1. The SMILES string of the molecule is O=C(O)CN(Cc1ccc(Br)cn1)c1ccccc1. The summed E-state index contributed by atoms with van der Waals surface area (Å²) in [7, 11) is 0. The molecule has 19 heavy (non-hydrogen) atoms. The Morgan fingerprint density at radius 3 is 2.53 bits per heavy atom. The lowest BCUT2D eigenvalue weighted by Crippen LogP contribution is -2.29. The topological polar surface area (TPSA) is 53.4 Å². The van der Waals surface area contributed by atoms with Gasteiger partial charge in [0.25, 0.3) is 0 Å². The molecule has 0 amide bonds. The standard InChI is InChI=1S/C14H13BrN2O2/c15-11-6-7-12(16-8-11)9-17(10-14(18)19)13-4-2-1-3-5-13/h1-8H,9-10H2,(H,18,19). The Morgan fingerprint density at radius 2 is 1.95 bits per heavy atom. The molecule has 1 heterocycles. The zero-order chi connectivity index (χ0) is 13.7. The Bertz CT molecular complexity index is 543. The molecule has 0 atom stereocenters. The van der Waals surface area contributed by atoms with Crippen molar-refractivity contribution in [1.29, 1.82) is 0 Å². The van der Waals surface area contributed by atoms with Gasteiger partial charge in [0, 0.05) is 16.4 Å². The second-order valence-corrected chi connectivity index (χ2v) is 4.97. The second-order valence-electron chi connectivity index (χ2n) is 4.05. The summed E-state index contributed by atoms with van der Waals surface area (Å²) in [5.74, 6) is -0.860. The Balaban J connectivity index is 2.19. The predicted molar refractivity (Wildman–Crippen MR) is 77.1 cm³/mol. The Morgan fingerprint density at radius 1 is 1.21 bits per heavy atom. The van der Waals surface area contributed by atoms with Crippen LogP contribution in [0.25, 0.3) is 0 Å². The van der Waals surface area contributed by atoms with Crippen LogP contribution in [0.15, 0.2) is 53.1 Å². The number of carboxylic acid groups (broad SMARTS) is 1. The van der Waals surface area contributed by atoms with Crippen LogP contribution in [0.4, 0.5) is 5.69 Å². The van der Waals surface area contributed by atoms with E-state index in [-0.39, 0.29) is 6.54 Å². The number of aromatic nitrogens is 1. The maximum absolute atomic E-state index is 11.0. The second kappa shape index (κ2) is 6.33. The minimum absolute atomic E-state index is 0.0538. The molecule has 0 unspecified atom stereocenters. The van der Waals surface area contributed by atoms with Crippen LogP contribution in [0.5, 0.6) is 0 Å². The van der Waals surface area contributed by atoms with Crippen molar-refractivity contribution in [2.45, 2.75) is 6.54 Å². The molecule has 1 aromatic carbocycles. The molecule has 5 heteroatoms. The van der Waals surface area contributed by atoms with Gasteiger partial charge in [-0.15, -0.1) is 0 Å². The molecule has 2 aromatic rings. The summed E-state index contributed by atoms with van der Waals surface area (Å²) in [6, 6.07) is 13.2. The van der Waals surface area contributed by atoms with E-state index in [1.807, 2.05) is 42.5 Å². The Hall–Kier alpha value is -1.88. The van der Waals surface area contributed by atoms with Gasteiger partial charge in [-0.2, -0.15) is 0 Å². The minimum Gasteiger partial charge on any atom is -0.480 e. The quantitative estimate of drug-likeness (QED) is 0.920. The van der Waals surface area contributed by atoms with E-state index in [0.717, 1.165) is 15.9 Å². The van der Waals surface area contributed by atoms with Crippen molar-refractivity contribution in [1.82, 2.24) is 4.98 Å². The van der Waals surface area contributed by atoms with Crippen molar-refractivity contribution in [2.75, 3.05) is 11.4 Å². The Labute approximate surface area is 119 Å². The van der Waals surface area contributed by atoms with Crippen LogP contribution in [0, 0.1) is 0 Å². The van der Waals surface area contributed by atoms with Crippen molar-refractivity contribution >= 4 is 27.6 Å². The molecule has 0 radical (unpaired) electrons. The first-order valence-electron chi connectivity index (χ1n) is 5.77. The number of hydrogen-bond donors (Lipinski definition) is 1. The highest BCUT2D eigenvalue weighted by Gasteiger charge is 2.11. The van der Waals surface area contributed by atoms with Crippen LogP contribution >= 0.6 is 15.9 Å². The van der Waals surface area contributed by atoms with Gasteiger partial charge in [0.05, 0.1) is 12.2 Å². The van der Waals surface area contributed by atoms with Crippen LogP contribution in [-0.2, 0) is 11.3 Å². The molecule has 1 aromatic heterocycles. The highest BCUT2D eigenvalue weighted by atomic mass is 79.9. The zero-order valence-corrected chi connectivity index (χ0v) is 11.7. The first-order chi connectivity index (χ1) is 9.15. The summed E-state index contributed by atoms with van der Waals surface area (Å²) in [6.07, 6.45) is 1.71. The maximum Gasteiger partial charge on any atom is 0.323 e. The first-order valence-corrected chi connectivity index (χ1v) is 6.56. The monoisotopic (exact) mass is 320 g/mol. The third kappa shape index (κ3) is 4.06. The Kier molecular flexibility index (Phi) is 4.52. The van der Waals surface area contributed by atoms with Crippen molar-refractivity contribution in [2.24, 2.45) is 0 Å². The zero-order valence-electron chi connectivity index (χ0n) is 10.2. The first kappa shape index (κ1) is 13.5. The lowest BCUT2D eigenvalue weighted by atomic mass is 10.2. The molecule has 4 nitrogen and oxygen atoms in total. The van der Waals surface area contributed by atoms with Crippen LogP contribution in [0.1, 0.15) is 5.69 Å². The molecule has 0 aliphatic carbocycles. The summed E-state index contributed by atoms with van der Waals surface area (Å²) < 4.78 is 0.903. The highest BCUT2D eigenvalue weighted by Crippen LogP contribution is 2.16. The predicted octanol–water partition coefficient (Wildman–Crippen LogP) is 2.94. The van der Waals surface area contributed by atoms with Crippen LogP contribution in [0.2, 0.25) is 0 Å². The molecule has 2 rings (SSSR count). The van der Waals surface area contributed by atoms with Gasteiger partial charge < -0.3 is 10.0 Å². The van der Waals surface area contributed by atoms with E-state index in [2.05, 4.69) is 20.9 Å². The van der Waals surface area contributed by atoms with Gasteiger partial charge in [0.15, 0.2) is 0 Å². The summed E-state index contributed by atoms with van der Waals surface area (Å²) in [5.41, 5.74) is 1.70. The number of aliphatic carboxylic acids is 1. The van der Waals surface area contributed by atoms with E-state index in [1.165, 1.54) is 0 Å². The summed E-state index contributed by atoms with van der Waals surface area (Å²) >= 11 is 3.33. The van der Waals surface area contributed by atoms with E-state index >= 15 is 0 Å². The molecule has 0 saturated heterocycles. The largest absolute Gasteiger partial charge is 0.480 e. The van der Waals surface area contributed by atoms with Crippen molar-refractivity contribution in [3.8, 4) is 0 Å². The molecule has 0 fully saturated rings. The normalized spacial score (nSPS) is 10.2. The number of rotatable bonds is 5. The number of para-hydroxylation sites is 1. The van der Waals surface area contributed by atoms with E-state index in [1.54, 1.807) is 11.1 Å². The van der Waals surface area contributed by atoms with Crippen LogP contribution in [-0.4, -0.2) is 22.6 Å². The fourth-order valence-corrected chi connectivity index (χ4v) is 1.97. The molecule has 0 aliphatic rings. The number of carbonyl (C=O) groups is 1. The van der Waals surface area contributed by atoms with E-state index in [0.29, 0.717) is 6.54 Å². The highest BCUT2D eigenvalue weighted by molar-refractivity contribution is 9.10. The maximum atomic E-state index is 11.0. The third-order valence-electron chi connectivity index (χ3n) is 2.59. The number of hydrogen-bond acceptors (Lipinski definition) is 3. The van der Waals surface area contributed by atoms with Gasteiger partial charge in [-0.05, 0) is 40.2 Å². The van der Waals surface area contributed by atoms with E-state index in [4.69, 9.17) is 5.11 Å². The molecular weight excluding hydrogens is 308 g/mol. The molecule has 0 bridgehead atoms. The summed E-state index contributed by atoms with van der Waals surface area (Å²) in [6.45, 7) is 0.408. The molecule has 1 N–H and O–H groups in total. The average molecular weight is 321 g/mol. The third-order valence-corrected chi connectivity index (χ3v) is 3.06. The minimum atomic E-state index is -0.860. The van der Waals surface area contributed by atoms with Crippen LogP contribution < -0.4 is 4.90 Å². The van der Waals surface area contributed by atoms with Crippen molar-refractivity contribution < 1.29 is 9.90 Å². The summed E-state index contributed by atoms with van der Waals surface area (Å²) in [4.78, 5) is 17.0. The molecule has 0 spiro atoms. The fourth-order valence-electron chi connectivity index (χ4n) is 1.74. The van der Waals surface area contributed by atoms with Gasteiger partial charge in [-0.3, -0.25) is 9.78 Å². The van der Waals surface area contributed by atoms with Crippen molar-refractivity contribution in [3.05, 3.63) is 58.8 Å². The number of nitrogens with zero attached hydrogens (tertiary/aromatic N) is 2. The molecule has 0 saturated carbocycles. The molecule has 0 aliphatic heterocycles. The van der Waals surface area contributed by atoms with Gasteiger partial charge in [-0.25, -0.2) is 0 Å². The lowest BCUT2D eigenvalue weighted by molar-refractivity contribution is -0.135. The number of anilines is 1. The number of benzene rings is 1. The lowest BCUT2D eigenvalue weighted by Gasteiger charge is -2.22. The van der Waals surface area contributed by atoms with E-state index < -0.39 is 5.97 Å². The molecular formula is C14H13BrN2O2. The molecule has 98 valence electrons. The number of halogens is 1. The number of carboxylic acids is 1. The van der Waals surface area contributed by atoms with Gasteiger partial charge in [0.2, 0.25) is 0 Å². The van der Waals surface area contributed by atoms with Gasteiger partial charge >= 0.3 is 5.97 Å². The fraction of sp³-hybridized carbons (Fsp3) is 0.143.